The van der Waals surface area contributed by atoms with E-state index < -0.39 is 0 Å². The molecule has 100 valence electrons. The van der Waals surface area contributed by atoms with E-state index in [0.717, 1.165) is 26.1 Å². The summed E-state index contributed by atoms with van der Waals surface area (Å²) in [5, 5.41) is 1.36. The van der Waals surface area contributed by atoms with Crippen molar-refractivity contribution < 1.29 is 9.47 Å². The molecule has 1 N–H and O–H groups in total. The van der Waals surface area contributed by atoms with Gasteiger partial charge in [-0.3, -0.25) is 0 Å². The van der Waals surface area contributed by atoms with E-state index in [1.54, 1.807) is 0 Å². The lowest BCUT2D eigenvalue weighted by Gasteiger charge is -2.23. The van der Waals surface area contributed by atoms with Crippen molar-refractivity contribution in [3.63, 3.8) is 0 Å². The number of ether oxygens (including phenoxy) is 2. The topological polar surface area (TPSA) is 34.2 Å². The van der Waals surface area contributed by atoms with E-state index in [-0.39, 0.29) is 6.29 Å². The molecule has 3 atom stereocenters. The van der Waals surface area contributed by atoms with E-state index in [1.807, 2.05) is 0 Å². The molecule has 0 bridgehead atoms. The van der Waals surface area contributed by atoms with Crippen LogP contribution in [0.25, 0.3) is 10.9 Å². The molecular formula is C16H19NO2. The normalized spacial score (nSPS) is 31.3. The number of aromatic nitrogens is 1. The third-order valence-corrected chi connectivity index (χ3v) is 4.56. The van der Waals surface area contributed by atoms with Crippen LogP contribution < -0.4 is 0 Å². The van der Waals surface area contributed by atoms with Gasteiger partial charge in [0.25, 0.3) is 0 Å². The van der Waals surface area contributed by atoms with Crippen molar-refractivity contribution in [2.75, 3.05) is 13.2 Å². The Hall–Kier alpha value is -1.32. The molecular weight excluding hydrogens is 238 g/mol. The quantitative estimate of drug-likeness (QED) is 0.849. The fraction of sp³-hybridized carbons (Fsp3) is 0.500. The lowest BCUT2D eigenvalue weighted by atomic mass is 9.82. The summed E-state index contributed by atoms with van der Waals surface area (Å²) in [5.74, 6) is 1.08. The Balaban J connectivity index is 1.77. The van der Waals surface area contributed by atoms with E-state index >= 15 is 0 Å². The van der Waals surface area contributed by atoms with Gasteiger partial charge >= 0.3 is 0 Å². The summed E-state index contributed by atoms with van der Waals surface area (Å²) in [6.45, 7) is 1.67. The summed E-state index contributed by atoms with van der Waals surface area (Å²) < 4.78 is 11.6. The summed E-state index contributed by atoms with van der Waals surface area (Å²) in [7, 11) is 0. The van der Waals surface area contributed by atoms with Crippen molar-refractivity contribution in [3.8, 4) is 0 Å². The van der Waals surface area contributed by atoms with Gasteiger partial charge < -0.3 is 14.5 Å². The average molecular weight is 257 g/mol. The van der Waals surface area contributed by atoms with Crippen molar-refractivity contribution in [2.24, 2.45) is 5.92 Å². The molecule has 3 heterocycles. The monoisotopic (exact) mass is 257 g/mol. The zero-order valence-electron chi connectivity index (χ0n) is 11.0. The molecule has 0 spiro atoms. The Morgan fingerprint density at radius 3 is 2.95 bits per heavy atom. The van der Waals surface area contributed by atoms with E-state index in [1.165, 1.54) is 22.9 Å². The number of fused-ring (bicyclic) bond motifs is 2. The highest BCUT2D eigenvalue weighted by Crippen LogP contribution is 2.42. The standard InChI is InChI=1S/C16H19NO2/c1-2-6-15-12(4-1)14(10-17-15)11-5-3-8-18-16-13(11)7-9-19-16/h1-2,4,6,10-11,13,16-17H,3,5,7-9H2/t11-,13+,16+/m0/s1. The molecule has 2 aliphatic rings. The van der Waals surface area contributed by atoms with E-state index in [4.69, 9.17) is 9.47 Å². The fourth-order valence-corrected chi connectivity index (χ4v) is 3.65. The Morgan fingerprint density at radius 1 is 1.05 bits per heavy atom. The number of hydrogen-bond acceptors (Lipinski definition) is 2. The van der Waals surface area contributed by atoms with Crippen LogP contribution in [0.1, 0.15) is 30.7 Å². The summed E-state index contributed by atoms with van der Waals surface area (Å²) in [6.07, 6.45) is 5.65. The molecule has 2 fully saturated rings. The van der Waals surface area contributed by atoms with Crippen LogP contribution in [0.5, 0.6) is 0 Å². The molecule has 4 rings (SSSR count). The Kier molecular flexibility index (Phi) is 2.82. The number of nitrogens with one attached hydrogen (secondary N) is 1. The summed E-state index contributed by atoms with van der Waals surface area (Å²) in [6, 6.07) is 8.57. The number of H-pyrrole nitrogens is 1. The van der Waals surface area contributed by atoms with Crippen molar-refractivity contribution in [1.82, 2.24) is 4.98 Å². The Labute approximate surface area is 112 Å². The summed E-state index contributed by atoms with van der Waals surface area (Å²) in [5.41, 5.74) is 2.68. The van der Waals surface area contributed by atoms with Gasteiger partial charge in [-0.15, -0.1) is 0 Å². The zero-order chi connectivity index (χ0) is 12.7. The average Bonchev–Trinajstić information content (AvgIpc) is 3.03. The minimum atomic E-state index is 0.0150. The first-order valence-electron chi connectivity index (χ1n) is 7.23. The molecule has 1 aromatic carbocycles. The van der Waals surface area contributed by atoms with Crippen molar-refractivity contribution in [1.29, 1.82) is 0 Å². The van der Waals surface area contributed by atoms with Crippen LogP contribution in [-0.2, 0) is 9.47 Å². The first-order chi connectivity index (χ1) is 9.43. The maximum atomic E-state index is 5.83. The first-order valence-corrected chi connectivity index (χ1v) is 7.23. The minimum absolute atomic E-state index is 0.0150. The second kappa shape index (κ2) is 4.66. The summed E-state index contributed by atoms with van der Waals surface area (Å²) in [4.78, 5) is 3.40. The third kappa shape index (κ3) is 1.88. The third-order valence-electron chi connectivity index (χ3n) is 4.56. The summed E-state index contributed by atoms with van der Waals surface area (Å²) >= 11 is 0. The van der Waals surface area contributed by atoms with Crippen molar-refractivity contribution >= 4 is 10.9 Å². The molecule has 3 nitrogen and oxygen atoms in total. The lowest BCUT2D eigenvalue weighted by Crippen LogP contribution is -2.22. The van der Waals surface area contributed by atoms with Crippen molar-refractivity contribution in [2.45, 2.75) is 31.5 Å². The highest BCUT2D eigenvalue weighted by atomic mass is 16.7. The van der Waals surface area contributed by atoms with Gasteiger partial charge in [-0.2, -0.15) is 0 Å². The van der Waals surface area contributed by atoms with Crippen LogP contribution in [0, 0.1) is 5.92 Å². The highest BCUT2D eigenvalue weighted by Gasteiger charge is 2.38. The molecule has 2 aromatic rings. The molecule has 0 amide bonds. The molecule has 1 aromatic heterocycles. The number of hydrogen-bond donors (Lipinski definition) is 1. The zero-order valence-corrected chi connectivity index (χ0v) is 11.0. The van der Waals surface area contributed by atoms with Gasteiger partial charge in [0.15, 0.2) is 6.29 Å². The van der Waals surface area contributed by atoms with Gasteiger partial charge in [0.2, 0.25) is 0 Å². The minimum Gasteiger partial charge on any atom is -0.361 e. The molecule has 2 aliphatic heterocycles. The number of para-hydroxylation sites is 1. The molecule has 2 saturated heterocycles. The van der Waals surface area contributed by atoms with E-state index in [0.29, 0.717) is 11.8 Å². The van der Waals surface area contributed by atoms with Crippen LogP contribution >= 0.6 is 0 Å². The van der Waals surface area contributed by atoms with Gasteiger partial charge in [-0.05, 0) is 36.8 Å². The number of aromatic amines is 1. The lowest BCUT2D eigenvalue weighted by molar-refractivity contribution is -0.126. The Morgan fingerprint density at radius 2 is 1.95 bits per heavy atom. The van der Waals surface area contributed by atoms with E-state index in [2.05, 4.69) is 35.4 Å². The Bertz CT molecular complexity index is 577. The predicted octanol–water partition coefficient (Wildman–Crippen LogP) is 3.42. The van der Waals surface area contributed by atoms with Crippen LogP contribution in [0.2, 0.25) is 0 Å². The smallest absolute Gasteiger partial charge is 0.161 e. The highest BCUT2D eigenvalue weighted by molar-refractivity contribution is 5.83. The molecule has 3 heteroatoms. The number of benzene rings is 1. The SMILES string of the molecule is c1ccc2c([C@H]3CCCO[C@@H]4OCC[C@@H]43)c[nH]c2c1. The fourth-order valence-electron chi connectivity index (χ4n) is 3.65. The largest absolute Gasteiger partial charge is 0.361 e. The van der Waals surface area contributed by atoms with Crippen LogP contribution in [0.4, 0.5) is 0 Å². The maximum Gasteiger partial charge on any atom is 0.161 e. The molecule has 0 saturated carbocycles. The van der Waals surface area contributed by atoms with Crippen LogP contribution in [0.15, 0.2) is 30.5 Å². The second-order valence-corrected chi connectivity index (χ2v) is 5.60. The molecule has 0 aliphatic carbocycles. The molecule has 0 unspecified atom stereocenters. The molecule has 19 heavy (non-hydrogen) atoms. The second-order valence-electron chi connectivity index (χ2n) is 5.60. The van der Waals surface area contributed by atoms with Crippen LogP contribution in [-0.4, -0.2) is 24.5 Å². The predicted molar refractivity (Wildman–Crippen MR) is 74.1 cm³/mol. The first kappa shape index (κ1) is 11.5. The van der Waals surface area contributed by atoms with Gasteiger partial charge in [-0.1, -0.05) is 18.2 Å². The van der Waals surface area contributed by atoms with E-state index in [9.17, 15) is 0 Å². The number of rotatable bonds is 1. The van der Waals surface area contributed by atoms with Crippen molar-refractivity contribution in [3.05, 3.63) is 36.0 Å². The van der Waals surface area contributed by atoms with Crippen LogP contribution in [0.3, 0.4) is 0 Å². The van der Waals surface area contributed by atoms with Gasteiger partial charge in [0, 0.05) is 29.6 Å². The van der Waals surface area contributed by atoms with Gasteiger partial charge in [-0.25, -0.2) is 0 Å². The molecule has 0 radical (unpaired) electrons. The van der Waals surface area contributed by atoms with Gasteiger partial charge in [0.05, 0.1) is 6.61 Å². The van der Waals surface area contributed by atoms with Gasteiger partial charge in [0.1, 0.15) is 0 Å². The maximum absolute atomic E-state index is 5.83.